The number of nitrogens with one attached hydrogen (secondary N) is 1. The summed E-state index contributed by atoms with van der Waals surface area (Å²) in [6, 6.07) is 7.90. The first-order valence-electron chi connectivity index (χ1n) is 8.31. The number of hydrogen-bond acceptors (Lipinski definition) is 7. The molecular formula is C17H22N4O2S2. The molecule has 1 aromatic heterocycles. The van der Waals surface area contributed by atoms with Crippen LogP contribution in [0.3, 0.4) is 0 Å². The molecule has 1 fully saturated rings. The van der Waals surface area contributed by atoms with Crippen LogP contribution in [0.15, 0.2) is 28.6 Å². The summed E-state index contributed by atoms with van der Waals surface area (Å²) in [6.07, 6.45) is 2.22. The van der Waals surface area contributed by atoms with E-state index < -0.39 is 0 Å². The van der Waals surface area contributed by atoms with E-state index in [0.717, 1.165) is 46.7 Å². The lowest BCUT2D eigenvalue weighted by molar-refractivity contribution is -0.129. The lowest BCUT2D eigenvalue weighted by Gasteiger charge is -2.18. The van der Waals surface area contributed by atoms with Gasteiger partial charge in [-0.1, -0.05) is 35.2 Å². The summed E-state index contributed by atoms with van der Waals surface area (Å²) >= 11 is 2.97. The van der Waals surface area contributed by atoms with Gasteiger partial charge in [0, 0.05) is 19.6 Å². The zero-order valence-corrected chi connectivity index (χ0v) is 16.0. The Balaban J connectivity index is 1.50. The molecule has 8 heteroatoms. The lowest BCUT2D eigenvalue weighted by Crippen LogP contribution is -2.33. The molecule has 0 spiro atoms. The van der Waals surface area contributed by atoms with E-state index in [1.54, 1.807) is 7.11 Å². The molecule has 1 N–H and O–H groups in total. The molecule has 1 aromatic carbocycles. The van der Waals surface area contributed by atoms with Crippen LogP contribution in [-0.4, -0.2) is 46.5 Å². The molecule has 6 nitrogen and oxygen atoms in total. The van der Waals surface area contributed by atoms with Gasteiger partial charge in [0.25, 0.3) is 0 Å². The molecule has 1 aliphatic heterocycles. The van der Waals surface area contributed by atoms with Crippen molar-refractivity contribution in [3.05, 3.63) is 29.8 Å². The average molecular weight is 379 g/mol. The first-order chi connectivity index (χ1) is 12.2. The number of thioether (sulfide) groups is 1. The zero-order chi connectivity index (χ0) is 17.6. The fourth-order valence-electron chi connectivity index (χ4n) is 2.65. The second kappa shape index (κ2) is 8.53. The highest BCUT2D eigenvalue weighted by Gasteiger charge is 2.24. The van der Waals surface area contributed by atoms with Crippen LogP contribution in [0.5, 0.6) is 5.75 Å². The molecule has 0 unspecified atom stereocenters. The van der Waals surface area contributed by atoms with E-state index in [1.165, 1.54) is 23.1 Å². The van der Waals surface area contributed by atoms with Crippen molar-refractivity contribution in [2.45, 2.75) is 35.9 Å². The Hall–Kier alpha value is -1.80. The Labute approximate surface area is 156 Å². The number of carbonyl (C=O) groups is 1. The van der Waals surface area contributed by atoms with Crippen molar-refractivity contribution in [1.29, 1.82) is 0 Å². The fraction of sp³-hybridized carbons (Fsp3) is 0.471. The monoisotopic (exact) mass is 378 g/mol. The number of methoxy groups -OCH3 is 1. The smallest absolute Gasteiger partial charge is 0.235 e. The molecule has 0 radical (unpaired) electrons. The average Bonchev–Trinajstić information content (AvgIpc) is 3.32. The maximum Gasteiger partial charge on any atom is 0.235 e. The normalized spacial score (nSPS) is 15.2. The molecule has 1 saturated heterocycles. The van der Waals surface area contributed by atoms with Gasteiger partial charge in [-0.25, -0.2) is 0 Å². The Morgan fingerprint density at radius 2 is 2.04 bits per heavy atom. The summed E-state index contributed by atoms with van der Waals surface area (Å²) in [5.41, 5.74) is 1.14. The quantitative estimate of drug-likeness (QED) is 0.746. The standard InChI is InChI=1S/C17H22N4O2S2/c1-12(15(22)21-9-3-4-10-21)24-17-20-19-16(25-17)18-11-13-5-7-14(23-2)8-6-13/h5-8,12H,3-4,9-11H2,1-2H3,(H,18,19)/t12-/m1/s1. The molecule has 0 aliphatic carbocycles. The Kier molecular flexibility index (Phi) is 6.14. The number of rotatable bonds is 7. The number of nitrogens with zero attached hydrogens (tertiary/aromatic N) is 3. The molecule has 1 aliphatic rings. The number of likely N-dealkylation sites (tertiary alicyclic amines) is 1. The van der Waals surface area contributed by atoms with E-state index in [9.17, 15) is 4.79 Å². The topological polar surface area (TPSA) is 67.3 Å². The number of benzene rings is 1. The summed E-state index contributed by atoms with van der Waals surface area (Å²) in [6.45, 7) is 4.38. The predicted molar refractivity (Wildman–Crippen MR) is 101 cm³/mol. The number of anilines is 1. The molecule has 0 saturated carbocycles. The Bertz CT molecular complexity index is 699. The van der Waals surface area contributed by atoms with Gasteiger partial charge in [0.05, 0.1) is 12.4 Å². The lowest BCUT2D eigenvalue weighted by atomic mass is 10.2. The van der Waals surface area contributed by atoms with Crippen LogP contribution in [0.2, 0.25) is 0 Å². The van der Waals surface area contributed by atoms with Gasteiger partial charge in [0.1, 0.15) is 5.75 Å². The fourth-order valence-corrected chi connectivity index (χ4v) is 4.62. The van der Waals surface area contributed by atoms with Crippen LogP contribution in [0.25, 0.3) is 0 Å². The van der Waals surface area contributed by atoms with Crippen LogP contribution >= 0.6 is 23.1 Å². The van der Waals surface area contributed by atoms with Crippen LogP contribution in [-0.2, 0) is 11.3 Å². The molecule has 3 rings (SSSR count). The third-order valence-electron chi connectivity index (χ3n) is 4.05. The molecule has 134 valence electrons. The SMILES string of the molecule is COc1ccc(CNc2nnc(S[C@H](C)C(=O)N3CCCC3)s2)cc1. The zero-order valence-electron chi connectivity index (χ0n) is 14.4. The van der Waals surface area contributed by atoms with Gasteiger partial charge in [-0.05, 0) is 37.5 Å². The molecular weight excluding hydrogens is 356 g/mol. The molecule has 1 amide bonds. The van der Waals surface area contributed by atoms with E-state index in [2.05, 4.69) is 15.5 Å². The van der Waals surface area contributed by atoms with Gasteiger partial charge in [-0.15, -0.1) is 10.2 Å². The molecule has 1 atom stereocenters. The van der Waals surface area contributed by atoms with E-state index in [-0.39, 0.29) is 11.2 Å². The number of ether oxygens (including phenoxy) is 1. The van der Waals surface area contributed by atoms with Crippen molar-refractivity contribution in [1.82, 2.24) is 15.1 Å². The van der Waals surface area contributed by atoms with Crippen LogP contribution < -0.4 is 10.1 Å². The van der Waals surface area contributed by atoms with E-state index in [0.29, 0.717) is 6.54 Å². The Morgan fingerprint density at radius 3 is 2.72 bits per heavy atom. The first kappa shape index (κ1) is 18.0. The summed E-state index contributed by atoms with van der Waals surface area (Å²) in [4.78, 5) is 14.3. The molecule has 2 aromatic rings. The molecule has 2 heterocycles. The predicted octanol–water partition coefficient (Wildman–Crippen LogP) is 3.26. The van der Waals surface area contributed by atoms with Gasteiger partial charge >= 0.3 is 0 Å². The summed E-state index contributed by atoms with van der Waals surface area (Å²) < 4.78 is 5.97. The minimum Gasteiger partial charge on any atom is -0.497 e. The maximum atomic E-state index is 12.4. The third-order valence-corrected chi connectivity index (χ3v) is 6.11. The number of carbonyl (C=O) groups excluding carboxylic acids is 1. The minimum atomic E-state index is -0.125. The van der Waals surface area contributed by atoms with Crippen molar-refractivity contribution < 1.29 is 9.53 Å². The van der Waals surface area contributed by atoms with Gasteiger partial charge < -0.3 is 15.0 Å². The number of hydrogen-bond donors (Lipinski definition) is 1. The van der Waals surface area contributed by atoms with Gasteiger partial charge in [-0.3, -0.25) is 4.79 Å². The van der Waals surface area contributed by atoms with E-state index in [4.69, 9.17) is 4.74 Å². The summed E-state index contributed by atoms with van der Waals surface area (Å²) in [5, 5.41) is 12.3. The van der Waals surface area contributed by atoms with Crippen molar-refractivity contribution in [2.75, 3.05) is 25.5 Å². The van der Waals surface area contributed by atoms with Crippen LogP contribution in [0.1, 0.15) is 25.3 Å². The van der Waals surface area contributed by atoms with Gasteiger partial charge in [0.2, 0.25) is 11.0 Å². The van der Waals surface area contributed by atoms with Crippen LogP contribution in [0.4, 0.5) is 5.13 Å². The minimum absolute atomic E-state index is 0.125. The second-order valence-electron chi connectivity index (χ2n) is 5.87. The summed E-state index contributed by atoms with van der Waals surface area (Å²) in [5.74, 6) is 1.04. The summed E-state index contributed by atoms with van der Waals surface area (Å²) in [7, 11) is 1.66. The van der Waals surface area contributed by atoms with Gasteiger partial charge in [0.15, 0.2) is 4.34 Å². The highest BCUT2D eigenvalue weighted by molar-refractivity contribution is 8.02. The number of amides is 1. The molecule has 25 heavy (non-hydrogen) atoms. The Morgan fingerprint density at radius 1 is 1.32 bits per heavy atom. The van der Waals surface area contributed by atoms with Crippen LogP contribution in [0, 0.1) is 0 Å². The van der Waals surface area contributed by atoms with Crippen molar-refractivity contribution in [3.63, 3.8) is 0 Å². The highest BCUT2D eigenvalue weighted by atomic mass is 32.2. The van der Waals surface area contributed by atoms with Crippen molar-refractivity contribution >= 4 is 34.1 Å². The van der Waals surface area contributed by atoms with E-state index in [1.807, 2.05) is 36.1 Å². The highest BCUT2D eigenvalue weighted by Crippen LogP contribution is 2.30. The van der Waals surface area contributed by atoms with Gasteiger partial charge in [-0.2, -0.15) is 0 Å². The van der Waals surface area contributed by atoms with Crippen molar-refractivity contribution in [3.8, 4) is 5.75 Å². The number of aromatic nitrogens is 2. The van der Waals surface area contributed by atoms with Crippen molar-refractivity contribution in [2.24, 2.45) is 0 Å². The third kappa shape index (κ3) is 4.85. The largest absolute Gasteiger partial charge is 0.497 e. The second-order valence-corrected chi connectivity index (χ2v) is 8.43. The first-order valence-corrected chi connectivity index (χ1v) is 10.0. The molecule has 0 bridgehead atoms. The van der Waals surface area contributed by atoms with E-state index >= 15 is 0 Å². The maximum absolute atomic E-state index is 12.4.